The topological polar surface area (TPSA) is 72.7 Å². The summed E-state index contributed by atoms with van der Waals surface area (Å²) in [6.45, 7) is 0.886. The zero-order valence-corrected chi connectivity index (χ0v) is 8.21. The minimum absolute atomic E-state index is 0. The van der Waals surface area contributed by atoms with Crippen LogP contribution in [0.1, 0.15) is 17.2 Å². The van der Waals surface area contributed by atoms with Crippen LogP contribution in [0.4, 0.5) is 0 Å². The van der Waals surface area contributed by atoms with Crippen molar-refractivity contribution in [2.45, 2.75) is 12.6 Å². The third-order valence-electron chi connectivity index (χ3n) is 2.28. The van der Waals surface area contributed by atoms with Crippen LogP contribution in [0.5, 0.6) is 11.5 Å². The van der Waals surface area contributed by atoms with Gasteiger partial charge in [0.1, 0.15) is 11.5 Å². The lowest BCUT2D eigenvalue weighted by molar-refractivity contribution is 0.160. The summed E-state index contributed by atoms with van der Waals surface area (Å²) in [5, 5.41) is 31.4. The molecule has 0 saturated carbocycles. The van der Waals surface area contributed by atoms with Crippen LogP contribution in [-0.4, -0.2) is 21.9 Å². The first kappa shape index (κ1) is 11.1. The molecule has 1 heterocycles. The molecule has 4 nitrogen and oxygen atoms in total. The van der Waals surface area contributed by atoms with Gasteiger partial charge in [0.2, 0.25) is 0 Å². The molecule has 0 aromatic heterocycles. The monoisotopic (exact) mass is 217 g/mol. The quantitative estimate of drug-likeness (QED) is 0.482. The number of phenols is 2. The summed E-state index contributed by atoms with van der Waals surface area (Å²) in [6.07, 6.45) is -0.740. The van der Waals surface area contributed by atoms with Crippen LogP contribution in [0.2, 0.25) is 0 Å². The molecule has 1 unspecified atom stereocenters. The number of hydrogen-bond donors (Lipinski definition) is 4. The average molecular weight is 218 g/mol. The van der Waals surface area contributed by atoms with E-state index in [1.54, 1.807) is 0 Å². The number of rotatable bonds is 0. The van der Waals surface area contributed by atoms with Crippen LogP contribution in [0.25, 0.3) is 0 Å². The standard InChI is InChI=1S/C9H11NO3.ClH/c11-6-1-2-7(12)9-5(6)3-10-4-8(9)13;/h1-2,8,10-13H,3-4H2;1H. The lowest BCUT2D eigenvalue weighted by Crippen LogP contribution is -2.28. The fourth-order valence-corrected chi connectivity index (χ4v) is 1.63. The number of phenolic OH excluding ortho intramolecular Hbond substituents is 2. The number of aliphatic hydroxyl groups excluding tert-OH is 1. The molecule has 78 valence electrons. The second-order valence-electron chi connectivity index (χ2n) is 3.14. The van der Waals surface area contributed by atoms with E-state index in [-0.39, 0.29) is 23.9 Å². The maximum atomic E-state index is 9.53. The molecule has 1 aliphatic rings. The Hall–Kier alpha value is -0.970. The van der Waals surface area contributed by atoms with Crippen molar-refractivity contribution in [1.29, 1.82) is 0 Å². The third kappa shape index (κ3) is 1.64. The van der Waals surface area contributed by atoms with E-state index in [1.807, 2.05) is 0 Å². The van der Waals surface area contributed by atoms with Crippen molar-refractivity contribution in [2.24, 2.45) is 0 Å². The fourth-order valence-electron chi connectivity index (χ4n) is 1.63. The number of aromatic hydroxyl groups is 2. The minimum atomic E-state index is -0.740. The number of nitrogens with one attached hydrogen (secondary N) is 1. The van der Waals surface area contributed by atoms with Crippen molar-refractivity contribution in [1.82, 2.24) is 5.32 Å². The van der Waals surface area contributed by atoms with Gasteiger partial charge < -0.3 is 20.6 Å². The molecule has 0 saturated heterocycles. The lowest BCUT2D eigenvalue weighted by Gasteiger charge is -2.23. The van der Waals surface area contributed by atoms with E-state index < -0.39 is 6.10 Å². The molecule has 0 radical (unpaired) electrons. The van der Waals surface area contributed by atoms with Gasteiger partial charge in [-0.05, 0) is 12.1 Å². The molecule has 1 atom stereocenters. The van der Waals surface area contributed by atoms with Gasteiger partial charge in [0.05, 0.1) is 6.10 Å². The van der Waals surface area contributed by atoms with Gasteiger partial charge in [0.15, 0.2) is 0 Å². The molecule has 1 aromatic rings. The Morgan fingerprint density at radius 3 is 2.50 bits per heavy atom. The maximum Gasteiger partial charge on any atom is 0.122 e. The first-order valence-corrected chi connectivity index (χ1v) is 4.12. The van der Waals surface area contributed by atoms with Gasteiger partial charge in [0.25, 0.3) is 0 Å². The van der Waals surface area contributed by atoms with Gasteiger partial charge in [-0.25, -0.2) is 0 Å². The van der Waals surface area contributed by atoms with Gasteiger partial charge in [-0.3, -0.25) is 0 Å². The molecule has 0 amide bonds. The number of β-amino-alcohol motifs (C(OH)–C–C–N with tert-alkyl or cyclic N) is 1. The first-order chi connectivity index (χ1) is 6.20. The van der Waals surface area contributed by atoms with Gasteiger partial charge in [-0.15, -0.1) is 12.4 Å². The minimum Gasteiger partial charge on any atom is -0.508 e. The molecule has 0 fully saturated rings. The molecular formula is C9H12ClNO3. The van der Waals surface area contributed by atoms with E-state index >= 15 is 0 Å². The highest BCUT2D eigenvalue weighted by atomic mass is 35.5. The van der Waals surface area contributed by atoms with Crippen molar-refractivity contribution < 1.29 is 15.3 Å². The second kappa shape index (κ2) is 4.04. The Balaban J connectivity index is 0.000000980. The Morgan fingerprint density at radius 2 is 1.86 bits per heavy atom. The van der Waals surface area contributed by atoms with Crippen molar-refractivity contribution in [2.75, 3.05) is 6.54 Å². The molecule has 1 aliphatic heterocycles. The molecule has 5 heteroatoms. The van der Waals surface area contributed by atoms with Crippen LogP contribution in [0, 0.1) is 0 Å². The van der Waals surface area contributed by atoms with E-state index in [4.69, 9.17) is 0 Å². The molecule has 4 N–H and O–H groups in total. The molecule has 2 rings (SSSR count). The summed E-state index contributed by atoms with van der Waals surface area (Å²) < 4.78 is 0. The number of fused-ring (bicyclic) bond motifs is 1. The van der Waals surface area contributed by atoms with E-state index in [9.17, 15) is 15.3 Å². The Morgan fingerprint density at radius 1 is 1.21 bits per heavy atom. The number of hydrogen-bond acceptors (Lipinski definition) is 4. The summed E-state index contributed by atoms with van der Waals surface area (Å²) in [6, 6.07) is 2.82. The van der Waals surface area contributed by atoms with Gasteiger partial charge in [-0.2, -0.15) is 0 Å². The third-order valence-corrected chi connectivity index (χ3v) is 2.28. The maximum absolute atomic E-state index is 9.53. The van der Waals surface area contributed by atoms with E-state index in [1.165, 1.54) is 12.1 Å². The highest BCUT2D eigenvalue weighted by molar-refractivity contribution is 5.85. The summed E-state index contributed by atoms with van der Waals surface area (Å²) in [5.74, 6) is 0.154. The summed E-state index contributed by atoms with van der Waals surface area (Å²) >= 11 is 0. The van der Waals surface area contributed by atoms with E-state index in [2.05, 4.69) is 5.32 Å². The highest BCUT2D eigenvalue weighted by Gasteiger charge is 2.23. The van der Waals surface area contributed by atoms with Crippen molar-refractivity contribution in [3.8, 4) is 11.5 Å². The smallest absolute Gasteiger partial charge is 0.122 e. The predicted octanol–water partition coefficient (Wildman–Crippen LogP) is 0.656. The zero-order valence-electron chi connectivity index (χ0n) is 7.40. The van der Waals surface area contributed by atoms with Crippen LogP contribution in [-0.2, 0) is 6.54 Å². The lowest BCUT2D eigenvalue weighted by atomic mass is 9.97. The van der Waals surface area contributed by atoms with Crippen molar-refractivity contribution in [3.63, 3.8) is 0 Å². The van der Waals surface area contributed by atoms with Crippen LogP contribution in [0.15, 0.2) is 12.1 Å². The van der Waals surface area contributed by atoms with Crippen LogP contribution >= 0.6 is 12.4 Å². The molecule has 0 spiro atoms. The van der Waals surface area contributed by atoms with Gasteiger partial charge >= 0.3 is 0 Å². The van der Waals surface area contributed by atoms with Gasteiger partial charge in [0, 0.05) is 24.2 Å². The SMILES string of the molecule is Cl.Oc1ccc(O)c2c1CNCC2O. The second-order valence-corrected chi connectivity index (χ2v) is 3.14. The van der Waals surface area contributed by atoms with E-state index in [0.29, 0.717) is 24.2 Å². The summed E-state index contributed by atoms with van der Waals surface area (Å²) in [5.41, 5.74) is 1.03. The number of benzene rings is 1. The first-order valence-electron chi connectivity index (χ1n) is 4.12. The zero-order chi connectivity index (χ0) is 9.42. The highest BCUT2D eigenvalue weighted by Crippen LogP contribution is 2.35. The van der Waals surface area contributed by atoms with Gasteiger partial charge in [-0.1, -0.05) is 0 Å². The van der Waals surface area contributed by atoms with Crippen molar-refractivity contribution in [3.05, 3.63) is 23.3 Å². The molecular weight excluding hydrogens is 206 g/mol. The largest absolute Gasteiger partial charge is 0.508 e. The molecule has 1 aromatic carbocycles. The normalized spacial score (nSPS) is 19.6. The summed E-state index contributed by atoms with van der Waals surface area (Å²) in [4.78, 5) is 0. The Labute approximate surface area is 87.6 Å². The number of aliphatic hydroxyl groups is 1. The van der Waals surface area contributed by atoms with Crippen molar-refractivity contribution >= 4 is 12.4 Å². The molecule has 14 heavy (non-hydrogen) atoms. The predicted molar refractivity (Wildman–Crippen MR) is 53.7 cm³/mol. The fraction of sp³-hybridized carbons (Fsp3) is 0.333. The molecule has 0 bridgehead atoms. The molecule has 0 aliphatic carbocycles. The van der Waals surface area contributed by atoms with Crippen LogP contribution < -0.4 is 5.32 Å². The van der Waals surface area contributed by atoms with Crippen LogP contribution in [0.3, 0.4) is 0 Å². The van der Waals surface area contributed by atoms with E-state index in [0.717, 1.165) is 0 Å². The average Bonchev–Trinajstić information content (AvgIpc) is 2.12. The Bertz CT molecular complexity index is 343. The summed E-state index contributed by atoms with van der Waals surface area (Å²) in [7, 11) is 0. The number of halogens is 1. The Kier molecular flexibility index (Phi) is 3.21.